The molecule has 0 atom stereocenters. The number of carbonyl (C=O) groups is 1. The first-order chi connectivity index (χ1) is 12.1. The van der Waals surface area contributed by atoms with Crippen molar-refractivity contribution >= 4 is 11.9 Å². The summed E-state index contributed by atoms with van der Waals surface area (Å²) in [5.41, 5.74) is 2.52. The number of ether oxygens (including phenoxy) is 1. The number of aromatic amines is 1. The molecule has 0 fully saturated rings. The zero-order valence-electron chi connectivity index (χ0n) is 13.9. The Hall–Kier alpha value is -3.21. The van der Waals surface area contributed by atoms with Crippen molar-refractivity contribution in [3.8, 4) is 17.1 Å². The summed E-state index contributed by atoms with van der Waals surface area (Å²) >= 11 is 0. The molecule has 4 nitrogen and oxygen atoms in total. The fraction of sp³-hybridized carbons (Fsp3) is 0.100. The van der Waals surface area contributed by atoms with Crippen molar-refractivity contribution in [3.63, 3.8) is 0 Å². The first-order valence-electron chi connectivity index (χ1n) is 7.76. The van der Waals surface area contributed by atoms with Gasteiger partial charge in [-0.3, -0.25) is 4.79 Å². The van der Waals surface area contributed by atoms with Crippen molar-refractivity contribution in [3.05, 3.63) is 77.4 Å². The summed E-state index contributed by atoms with van der Waals surface area (Å²) in [6.45, 7) is 1.80. The largest absolute Gasteiger partial charge is 0.494 e. The first-order valence-corrected chi connectivity index (χ1v) is 7.76. The Morgan fingerprint density at radius 3 is 2.64 bits per heavy atom. The lowest BCUT2D eigenvalue weighted by Crippen LogP contribution is -1.97. The van der Waals surface area contributed by atoms with Crippen molar-refractivity contribution < 1.29 is 13.9 Å². The molecule has 3 rings (SSSR count). The Balaban J connectivity index is 1.82. The molecule has 0 unspecified atom stereocenters. The second kappa shape index (κ2) is 7.13. The van der Waals surface area contributed by atoms with Crippen LogP contribution in [0.2, 0.25) is 0 Å². The van der Waals surface area contributed by atoms with Crippen LogP contribution in [0.3, 0.4) is 0 Å². The zero-order valence-corrected chi connectivity index (χ0v) is 13.9. The molecule has 126 valence electrons. The van der Waals surface area contributed by atoms with E-state index in [9.17, 15) is 9.18 Å². The van der Waals surface area contributed by atoms with Gasteiger partial charge in [-0.05, 0) is 30.7 Å². The number of ketones is 1. The maximum absolute atomic E-state index is 13.7. The van der Waals surface area contributed by atoms with Crippen LogP contribution in [0.5, 0.6) is 5.75 Å². The summed E-state index contributed by atoms with van der Waals surface area (Å²) < 4.78 is 18.6. The van der Waals surface area contributed by atoms with Gasteiger partial charge in [-0.1, -0.05) is 42.5 Å². The zero-order chi connectivity index (χ0) is 17.8. The minimum Gasteiger partial charge on any atom is -0.494 e. The average molecular weight is 336 g/mol. The van der Waals surface area contributed by atoms with Gasteiger partial charge in [0.05, 0.1) is 7.11 Å². The normalized spacial score (nSPS) is 11.0. The quantitative estimate of drug-likeness (QED) is 0.554. The summed E-state index contributed by atoms with van der Waals surface area (Å²) in [6, 6.07) is 14.1. The van der Waals surface area contributed by atoms with Crippen LogP contribution in [0.1, 0.15) is 21.7 Å². The summed E-state index contributed by atoms with van der Waals surface area (Å²) in [7, 11) is 1.40. The van der Waals surface area contributed by atoms with Crippen molar-refractivity contribution in [2.45, 2.75) is 6.92 Å². The van der Waals surface area contributed by atoms with Gasteiger partial charge < -0.3 is 9.72 Å². The Bertz CT molecular complexity index is 930. The Labute approximate surface area is 145 Å². The van der Waals surface area contributed by atoms with Gasteiger partial charge in [0.25, 0.3) is 0 Å². The molecule has 2 aromatic carbocycles. The molecule has 25 heavy (non-hydrogen) atoms. The Morgan fingerprint density at radius 2 is 1.96 bits per heavy atom. The lowest BCUT2D eigenvalue weighted by Gasteiger charge is -2.01. The van der Waals surface area contributed by atoms with E-state index in [-0.39, 0.29) is 11.5 Å². The van der Waals surface area contributed by atoms with E-state index in [1.54, 1.807) is 19.1 Å². The highest BCUT2D eigenvalue weighted by atomic mass is 19.1. The van der Waals surface area contributed by atoms with Crippen LogP contribution < -0.4 is 4.74 Å². The second-order valence-corrected chi connectivity index (χ2v) is 5.52. The number of carbonyl (C=O) groups excluding carboxylic acids is 1. The molecule has 0 aliphatic rings. The van der Waals surface area contributed by atoms with Crippen LogP contribution in [0.25, 0.3) is 17.5 Å². The summed E-state index contributed by atoms with van der Waals surface area (Å²) in [4.78, 5) is 19.9. The van der Waals surface area contributed by atoms with Crippen LogP contribution in [0.15, 0.2) is 54.6 Å². The molecule has 0 radical (unpaired) electrons. The molecule has 0 amide bonds. The van der Waals surface area contributed by atoms with Gasteiger partial charge in [0, 0.05) is 11.3 Å². The minimum absolute atomic E-state index is 0.166. The van der Waals surface area contributed by atoms with Gasteiger partial charge in [-0.2, -0.15) is 0 Å². The van der Waals surface area contributed by atoms with Crippen molar-refractivity contribution in [1.29, 1.82) is 0 Å². The fourth-order valence-electron chi connectivity index (χ4n) is 2.47. The number of H-pyrrole nitrogens is 1. The number of allylic oxidation sites excluding steroid dienone is 1. The monoisotopic (exact) mass is 336 g/mol. The van der Waals surface area contributed by atoms with Crippen molar-refractivity contribution in [2.24, 2.45) is 0 Å². The van der Waals surface area contributed by atoms with Gasteiger partial charge in [0.2, 0.25) is 5.78 Å². The van der Waals surface area contributed by atoms with Gasteiger partial charge in [0.1, 0.15) is 11.5 Å². The topological polar surface area (TPSA) is 55.0 Å². The highest BCUT2D eigenvalue weighted by Crippen LogP contribution is 2.20. The molecular weight excluding hydrogens is 319 g/mol. The molecule has 0 saturated heterocycles. The highest BCUT2D eigenvalue weighted by Gasteiger charge is 2.13. The summed E-state index contributed by atoms with van der Waals surface area (Å²) in [5.74, 6) is 0.0936. The number of nitrogens with zero attached hydrogens (tertiary/aromatic N) is 1. The van der Waals surface area contributed by atoms with E-state index in [1.807, 2.05) is 30.3 Å². The molecule has 0 spiro atoms. The number of hydrogen-bond donors (Lipinski definition) is 1. The number of benzene rings is 2. The van der Waals surface area contributed by atoms with Crippen LogP contribution in [-0.2, 0) is 0 Å². The predicted octanol–water partition coefficient (Wildman–Crippen LogP) is 4.43. The molecule has 1 heterocycles. The number of halogens is 1. The summed E-state index contributed by atoms with van der Waals surface area (Å²) in [5, 5.41) is 0. The molecule has 0 saturated carbocycles. The predicted molar refractivity (Wildman–Crippen MR) is 95.1 cm³/mol. The molecule has 3 aromatic rings. The molecule has 0 aliphatic carbocycles. The van der Waals surface area contributed by atoms with E-state index in [1.165, 1.54) is 25.3 Å². The molecule has 1 N–H and O–H groups in total. The Kier molecular flexibility index (Phi) is 4.75. The summed E-state index contributed by atoms with van der Waals surface area (Å²) in [6.07, 6.45) is 2.94. The van der Waals surface area contributed by atoms with Gasteiger partial charge >= 0.3 is 0 Å². The number of rotatable bonds is 5. The van der Waals surface area contributed by atoms with Gasteiger partial charge in [-0.15, -0.1) is 0 Å². The molecule has 0 aliphatic heterocycles. The number of hydrogen-bond acceptors (Lipinski definition) is 3. The number of imidazole rings is 1. The van der Waals surface area contributed by atoms with Crippen molar-refractivity contribution in [1.82, 2.24) is 9.97 Å². The third-order valence-corrected chi connectivity index (χ3v) is 3.77. The smallest absolute Gasteiger partial charge is 0.206 e. The SMILES string of the molecule is COc1ccc(/C=C/C(=O)c2nc(-c3ccccc3)[nH]c2C)cc1F. The number of methoxy groups -OCH3 is 1. The fourth-order valence-corrected chi connectivity index (χ4v) is 2.47. The lowest BCUT2D eigenvalue weighted by atomic mass is 10.1. The van der Waals surface area contributed by atoms with Crippen LogP contribution >= 0.6 is 0 Å². The Morgan fingerprint density at radius 1 is 1.20 bits per heavy atom. The number of nitrogens with one attached hydrogen (secondary N) is 1. The van der Waals surface area contributed by atoms with E-state index < -0.39 is 5.82 Å². The van der Waals surface area contributed by atoms with E-state index in [2.05, 4.69) is 9.97 Å². The third-order valence-electron chi connectivity index (χ3n) is 3.77. The lowest BCUT2D eigenvalue weighted by molar-refractivity contribution is 0.104. The maximum Gasteiger partial charge on any atom is 0.206 e. The standard InChI is InChI=1S/C20H17FN2O2/c1-13-19(23-20(22-13)15-6-4-3-5-7-15)17(24)10-8-14-9-11-18(25-2)16(21)12-14/h3-12H,1-2H3,(H,22,23)/b10-8+. The minimum atomic E-state index is -0.473. The molecule has 1 aromatic heterocycles. The van der Waals surface area contributed by atoms with E-state index in [4.69, 9.17) is 4.74 Å². The second-order valence-electron chi connectivity index (χ2n) is 5.52. The van der Waals surface area contributed by atoms with Crippen LogP contribution in [0.4, 0.5) is 4.39 Å². The molecule has 0 bridgehead atoms. The van der Waals surface area contributed by atoms with Crippen LogP contribution in [-0.4, -0.2) is 22.9 Å². The van der Waals surface area contributed by atoms with Gasteiger partial charge in [0.15, 0.2) is 11.6 Å². The van der Waals surface area contributed by atoms with E-state index in [0.29, 0.717) is 22.8 Å². The van der Waals surface area contributed by atoms with Crippen molar-refractivity contribution in [2.75, 3.05) is 7.11 Å². The first kappa shape index (κ1) is 16.6. The van der Waals surface area contributed by atoms with Crippen LogP contribution in [0, 0.1) is 12.7 Å². The number of aromatic nitrogens is 2. The molecule has 5 heteroatoms. The third kappa shape index (κ3) is 3.66. The van der Waals surface area contributed by atoms with Gasteiger partial charge in [-0.25, -0.2) is 9.37 Å². The van der Waals surface area contributed by atoms with E-state index >= 15 is 0 Å². The molecular formula is C20H17FN2O2. The average Bonchev–Trinajstić information content (AvgIpc) is 3.02. The highest BCUT2D eigenvalue weighted by molar-refractivity contribution is 6.06. The maximum atomic E-state index is 13.7. The number of aryl methyl sites for hydroxylation is 1. The van der Waals surface area contributed by atoms with E-state index in [0.717, 1.165) is 5.56 Å².